The molecule has 0 spiro atoms. The number of amides is 2. The van der Waals surface area contributed by atoms with Gasteiger partial charge in [-0.25, -0.2) is 19.2 Å². The molecule has 1 saturated heterocycles. The lowest BCUT2D eigenvalue weighted by atomic mass is 10.0. The largest absolute Gasteiger partial charge is 0.493 e. The number of rotatable bonds is 11. The number of aromatic nitrogens is 3. The van der Waals surface area contributed by atoms with Crippen LogP contribution in [0.3, 0.4) is 0 Å². The van der Waals surface area contributed by atoms with E-state index < -0.39 is 38.0 Å². The minimum absolute atomic E-state index is 0.0958. The van der Waals surface area contributed by atoms with Gasteiger partial charge in [0.2, 0.25) is 0 Å². The van der Waals surface area contributed by atoms with E-state index >= 15 is 0 Å². The Hall–Kier alpha value is -3.55. The molecule has 2 atom stereocenters. The maximum atomic E-state index is 14.6. The fraction of sp³-hybridized carbons (Fsp3) is 0.533. The highest BCUT2D eigenvalue weighted by molar-refractivity contribution is 6.76. The van der Waals surface area contributed by atoms with E-state index in [1.807, 2.05) is 4.57 Å². The zero-order valence-electron chi connectivity index (χ0n) is 25.1. The molecule has 2 amide bonds. The van der Waals surface area contributed by atoms with Crippen LogP contribution >= 0.6 is 0 Å². The average Bonchev–Trinajstić information content (AvgIpc) is 3.73. The van der Waals surface area contributed by atoms with E-state index in [2.05, 4.69) is 34.9 Å². The third-order valence-corrected chi connectivity index (χ3v) is 9.78. The van der Waals surface area contributed by atoms with E-state index in [-0.39, 0.29) is 31.8 Å². The topological polar surface area (TPSA) is 139 Å². The molecule has 11 nitrogen and oxygen atoms in total. The van der Waals surface area contributed by atoms with Crippen LogP contribution in [-0.4, -0.2) is 88.2 Å². The first-order valence-electron chi connectivity index (χ1n) is 14.7. The van der Waals surface area contributed by atoms with Gasteiger partial charge in [0.15, 0.2) is 0 Å². The highest BCUT2D eigenvalue weighted by Gasteiger charge is 2.33. The van der Waals surface area contributed by atoms with Gasteiger partial charge in [0.25, 0.3) is 5.91 Å². The summed E-state index contributed by atoms with van der Waals surface area (Å²) in [6.45, 7) is 9.90. The smallest absolute Gasteiger partial charge is 0.407 e. The van der Waals surface area contributed by atoms with Crippen molar-refractivity contribution in [3.05, 3.63) is 41.6 Å². The van der Waals surface area contributed by atoms with Crippen molar-refractivity contribution in [3.8, 4) is 17.0 Å². The Balaban J connectivity index is 1.53. The summed E-state index contributed by atoms with van der Waals surface area (Å²) in [7, 11) is -1.35. The van der Waals surface area contributed by atoms with Crippen LogP contribution in [0.25, 0.3) is 22.3 Å². The molecule has 0 radical (unpaired) electrons. The van der Waals surface area contributed by atoms with Crippen LogP contribution in [0.5, 0.6) is 5.75 Å². The van der Waals surface area contributed by atoms with Crippen molar-refractivity contribution in [1.82, 2.24) is 24.8 Å². The maximum absolute atomic E-state index is 14.6. The lowest BCUT2D eigenvalue weighted by Crippen LogP contribution is -2.55. The number of carbonyl (C=O) groups excluding carboxylic acids is 1. The summed E-state index contributed by atoms with van der Waals surface area (Å²) < 4.78 is 28.7. The van der Waals surface area contributed by atoms with Gasteiger partial charge in [-0.05, 0) is 56.3 Å². The fourth-order valence-electron chi connectivity index (χ4n) is 5.28. The van der Waals surface area contributed by atoms with Crippen molar-refractivity contribution < 1.29 is 33.7 Å². The van der Waals surface area contributed by atoms with Crippen LogP contribution in [0.2, 0.25) is 25.7 Å². The predicted octanol–water partition coefficient (Wildman–Crippen LogP) is 4.49. The molecule has 13 heteroatoms. The maximum Gasteiger partial charge on any atom is 0.407 e. The van der Waals surface area contributed by atoms with Gasteiger partial charge in [0.1, 0.15) is 35.8 Å². The molecular formula is C30H40FN5O6Si. The number of aliphatic hydroxyl groups excluding tert-OH is 1. The molecule has 2 fully saturated rings. The third kappa shape index (κ3) is 7.16. The molecule has 5 rings (SSSR count). The zero-order valence-corrected chi connectivity index (χ0v) is 26.1. The molecule has 0 bridgehead atoms. The number of hydrogen-bond acceptors (Lipinski definition) is 7. The van der Waals surface area contributed by atoms with Crippen LogP contribution < -0.4 is 10.1 Å². The van der Waals surface area contributed by atoms with Gasteiger partial charge in [-0.3, -0.25) is 4.79 Å². The minimum atomic E-state index is -1.35. The summed E-state index contributed by atoms with van der Waals surface area (Å²) in [5.41, 5.74) is 2.62. The lowest BCUT2D eigenvalue weighted by molar-refractivity contribution is 0.0391. The molecule has 232 valence electrons. The molecule has 1 aliphatic heterocycles. The number of carboxylic acid groups (broad SMARTS) is 1. The van der Waals surface area contributed by atoms with Crippen LogP contribution in [0, 0.1) is 18.7 Å². The van der Waals surface area contributed by atoms with Gasteiger partial charge in [-0.15, -0.1) is 0 Å². The first kappa shape index (κ1) is 30.9. The van der Waals surface area contributed by atoms with Crippen molar-refractivity contribution in [2.24, 2.45) is 5.92 Å². The van der Waals surface area contributed by atoms with Gasteiger partial charge < -0.3 is 34.5 Å². The summed E-state index contributed by atoms with van der Waals surface area (Å²) >= 11 is 0. The third-order valence-electron chi connectivity index (χ3n) is 8.08. The van der Waals surface area contributed by atoms with Crippen LogP contribution in [0.1, 0.15) is 35.3 Å². The van der Waals surface area contributed by atoms with Crippen LogP contribution in [0.4, 0.5) is 9.18 Å². The summed E-state index contributed by atoms with van der Waals surface area (Å²) in [5, 5.41) is 22.8. The molecule has 2 aromatic heterocycles. The fourth-order valence-corrected chi connectivity index (χ4v) is 6.03. The molecule has 1 aliphatic carbocycles. The second-order valence-corrected chi connectivity index (χ2v) is 18.3. The van der Waals surface area contributed by atoms with E-state index in [4.69, 9.17) is 9.47 Å². The number of piperidine rings is 1. The number of hydrogen-bond donors (Lipinski definition) is 3. The van der Waals surface area contributed by atoms with Crippen molar-refractivity contribution in [2.45, 2.75) is 70.7 Å². The van der Waals surface area contributed by atoms with Crippen molar-refractivity contribution >= 4 is 31.1 Å². The normalized spacial score (nSPS) is 19.1. The summed E-state index contributed by atoms with van der Waals surface area (Å²) in [4.78, 5) is 35.3. The Morgan fingerprint density at radius 3 is 2.63 bits per heavy atom. The Bertz CT molecular complexity index is 1500. The van der Waals surface area contributed by atoms with Crippen molar-refractivity contribution in [2.75, 3.05) is 26.3 Å². The zero-order chi connectivity index (χ0) is 30.9. The Kier molecular flexibility index (Phi) is 9.04. The molecule has 3 N–H and O–H groups in total. The molecule has 43 heavy (non-hydrogen) atoms. The van der Waals surface area contributed by atoms with E-state index in [1.165, 1.54) is 18.5 Å². The van der Waals surface area contributed by atoms with Gasteiger partial charge in [0, 0.05) is 32.5 Å². The molecule has 2 aliphatic rings. The lowest BCUT2D eigenvalue weighted by Gasteiger charge is -2.34. The number of likely N-dealkylation sites (tertiary alicyclic amines) is 1. The number of aliphatic hydroxyl groups is 1. The first-order chi connectivity index (χ1) is 20.4. The Morgan fingerprint density at radius 1 is 1.19 bits per heavy atom. The summed E-state index contributed by atoms with van der Waals surface area (Å²) in [6.07, 6.45) is 1.65. The van der Waals surface area contributed by atoms with E-state index in [9.17, 15) is 24.2 Å². The van der Waals surface area contributed by atoms with Gasteiger partial charge in [-0.1, -0.05) is 19.6 Å². The van der Waals surface area contributed by atoms with Crippen LogP contribution in [-0.2, 0) is 11.5 Å². The molecule has 3 heterocycles. The number of nitrogens with one attached hydrogen (secondary N) is 1. The molecular weight excluding hydrogens is 573 g/mol. The minimum Gasteiger partial charge on any atom is -0.493 e. The standard InChI is InChI=1S/C30H40FN5O6Si/c1-18-25(29(38)34-22-9-10-35(30(39)40)14-23(22)37)27-28(36(18)17-41-11-12-43(2,3)4)26(32-16-33-27)21-13-20(31)7-8-24(21)42-15-19-5-6-19/h7-8,13,16,19,22-23,37H,5-6,9-12,14-15,17H2,1-4H3,(H,34,38)(H,39,40)/t22-,23-/m1/s1. The number of nitrogens with zero attached hydrogens (tertiary/aromatic N) is 4. The molecule has 1 saturated carbocycles. The monoisotopic (exact) mass is 613 g/mol. The summed E-state index contributed by atoms with van der Waals surface area (Å²) in [5.74, 6) is 0.0894. The van der Waals surface area contributed by atoms with Gasteiger partial charge in [-0.2, -0.15) is 0 Å². The Morgan fingerprint density at radius 2 is 1.95 bits per heavy atom. The molecule has 1 aromatic carbocycles. The number of β-amino-alcohol motifs (C(OH)–C–C–N with tert-alkyl or cyclic N) is 1. The number of carbonyl (C=O) groups is 2. The predicted molar refractivity (Wildman–Crippen MR) is 161 cm³/mol. The average molecular weight is 614 g/mol. The second-order valence-electron chi connectivity index (χ2n) is 12.7. The number of benzene rings is 1. The highest BCUT2D eigenvalue weighted by Crippen LogP contribution is 2.38. The number of ether oxygens (including phenoxy) is 2. The van der Waals surface area contributed by atoms with Crippen molar-refractivity contribution in [1.29, 1.82) is 0 Å². The van der Waals surface area contributed by atoms with E-state index in [1.54, 1.807) is 13.0 Å². The highest BCUT2D eigenvalue weighted by atomic mass is 28.3. The van der Waals surface area contributed by atoms with Crippen molar-refractivity contribution in [3.63, 3.8) is 0 Å². The molecule has 3 aromatic rings. The second kappa shape index (κ2) is 12.6. The number of fused-ring (bicyclic) bond motifs is 1. The van der Waals surface area contributed by atoms with Gasteiger partial charge >= 0.3 is 6.09 Å². The number of halogens is 1. The Labute approximate surface area is 251 Å². The van der Waals surface area contributed by atoms with E-state index in [0.29, 0.717) is 52.9 Å². The molecule has 0 unspecified atom stereocenters. The van der Waals surface area contributed by atoms with Gasteiger partial charge in [0.05, 0.1) is 36.4 Å². The quantitative estimate of drug-likeness (QED) is 0.212. The van der Waals surface area contributed by atoms with E-state index in [0.717, 1.165) is 23.8 Å². The first-order valence-corrected chi connectivity index (χ1v) is 18.4. The summed E-state index contributed by atoms with van der Waals surface area (Å²) in [6, 6.07) is 4.66. The van der Waals surface area contributed by atoms with Crippen LogP contribution in [0.15, 0.2) is 24.5 Å². The SMILES string of the molecule is Cc1c(C(=O)N[C@@H]2CCN(C(=O)O)C[C@H]2O)c2ncnc(-c3cc(F)ccc3OCC3CC3)c2n1COCC[Si](C)(C)C.